The Kier molecular flexibility index (Phi) is 6.80. The fourth-order valence-corrected chi connectivity index (χ4v) is 3.40. The van der Waals surface area contributed by atoms with Crippen molar-refractivity contribution in [3.63, 3.8) is 0 Å². The largest absolute Gasteiger partial charge is 0.505 e. The Morgan fingerprint density at radius 2 is 1.21 bits per heavy atom. The molecule has 146 valence electrons. The van der Waals surface area contributed by atoms with Crippen LogP contribution in [0.2, 0.25) is 0 Å². The molecular formula is C25H26F2O. The summed E-state index contributed by atoms with van der Waals surface area (Å²) in [6.07, 6.45) is 7.51. The van der Waals surface area contributed by atoms with E-state index in [-0.39, 0.29) is 5.56 Å². The number of halogens is 2. The molecule has 0 atom stereocenters. The molecule has 0 radical (unpaired) electrons. The van der Waals surface area contributed by atoms with Crippen LogP contribution in [-0.4, -0.2) is 5.11 Å². The Morgan fingerprint density at radius 3 is 1.86 bits per heavy atom. The molecule has 0 saturated carbocycles. The van der Waals surface area contributed by atoms with Crippen LogP contribution in [0.4, 0.5) is 8.78 Å². The van der Waals surface area contributed by atoms with Gasteiger partial charge in [0.15, 0.2) is 11.6 Å². The minimum absolute atomic E-state index is 0.139. The lowest BCUT2D eigenvalue weighted by Gasteiger charge is -2.08. The highest BCUT2D eigenvalue weighted by molar-refractivity contribution is 5.71. The second kappa shape index (κ2) is 9.50. The average molecular weight is 380 g/mol. The summed E-state index contributed by atoms with van der Waals surface area (Å²) < 4.78 is 27.6. The second-order valence-corrected chi connectivity index (χ2v) is 7.20. The predicted molar refractivity (Wildman–Crippen MR) is 111 cm³/mol. The van der Waals surface area contributed by atoms with Gasteiger partial charge < -0.3 is 5.11 Å². The molecule has 3 aromatic rings. The number of phenols is 1. The van der Waals surface area contributed by atoms with Crippen LogP contribution in [0.25, 0.3) is 22.3 Å². The van der Waals surface area contributed by atoms with Crippen LogP contribution in [0.15, 0.2) is 60.7 Å². The summed E-state index contributed by atoms with van der Waals surface area (Å²) in [5.74, 6) is -2.92. The molecular weight excluding hydrogens is 354 g/mol. The van der Waals surface area contributed by atoms with Gasteiger partial charge in [-0.25, -0.2) is 4.39 Å². The molecule has 0 fully saturated rings. The van der Waals surface area contributed by atoms with E-state index in [1.54, 1.807) is 12.1 Å². The van der Waals surface area contributed by atoms with E-state index in [9.17, 15) is 13.9 Å². The van der Waals surface area contributed by atoms with Gasteiger partial charge in [0.05, 0.1) is 0 Å². The summed E-state index contributed by atoms with van der Waals surface area (Å²) in [5, 5.41) is 9.26. The normalized spacial score (nSPS) is 11.0. The third kappa shape index (κ3) is 4.78. The molecule has 3 heteroatoms. The Labute approximate surface area is 165 Å². The zero-order valence-electron chi connectivity index (χ0n) is 16.2. The van der Waals surface area contributed by atoms with Crippen molar-refractivity contribution in [1.29, 1.82) is 0 Å². The highest BCUT2D eigenvalue weighted by Crippen LogP contribution is 2.30. The minimum atomic E-state index is -1.22. The van der Waals surface area contributed by atoms with Gasteiger partial charge >= 0.3 is 0 Å². The third-order valence-electron chi connectivity index (χ3n) is 5.11. The highest BCUT2D eigenvalue weighted by Gasteiger charge is 2.14. The van der Waals surface area contributed by atoms with Crippen molar-refractivity contribution in [1.82, 2.24) is 0 Å². The number of phenolic OH excluding ortho intramolecular Hbond substituents is 1. The van der Waals surface area contributed by atoms with Crippen molar-refractivity contribution in [3.8, 4) is 28.0 Å². The summed E-state index contributed by atoms with van der Waals surface area (Å²) in [4.78, 5) is 0. The van der Waals surface area contributed by atoms with Gasteiger partial charge in [0.1, 0.15) is 0 Å². The molecule has 0 bridgehead atoms. The van der Waals surface area contributed by atoms with Gasteiger partial charge in [0, 0.05) is 5.56 Å². The Hall–Kier alpha value is -2.68. The van der Waals surface area contributed by atoms with Gasteiger partial charge in [-0.05, 0) is 47.2 Å². The number of hydrogen-bond acceptors (Lipinski definition) is 1. The molecule has 0 unspecified atom stereocenters. The zero-order chi connectivity index (χ0) is 19.9. The first kappa shape index (κ1) is 20.1. The number of rotatable bonds is 8. The van der Waals surface area contributed by atoms with E-state index in [1.807, 2.05) is 12.1 Å². The van der Waals surface area contributed by atoms with Crippen LogP contribution in [-0.2, 0) is 6.42 Å². The maximum atomic E-state index is 14.1. The van der Waals surface area contributed by atoms with E-state index in [0.29, 0.717) is 5.56 Å². The van der Waals surface area contributed by atoms with Crippen LogP contribution in [0, 0.1) is 11.6 Å². The van der Waals surface area contributed by atoms with Crippen molar-refractivity contribution in [3.05, 3.63) is 77.9 Å². The number of hydrogen-bond donors (Lipinski definition) is 1. The molecule has 0 amide bonds. The van der Waals surface area contributed by atoms with Crippen LogP contribution in [0.3, 0.4) is 0 Å². The summed E-state index contributed by atoms with van der Waals surface area (Å²) in [7, 11) is 0. The van der Waals surface area contributed by atoms with E-state index < -0.39 is 17.4 Å². The molecule has 0 spiro atoms. The maximum absolute atomic E-state index is 14.1. The minimum Gasteiger partial charge on any atom is -0.505 e. The van der Waals surface area contributed by atoms with Crippen LogP contribution in [0.5, 0.6) is 5.75 Å². The molecule has 1 N–H and O–H groups in total. The first-order valence-electron chi connectivity index (χ1n) is 9.97. The van der Waals surface area contributed by atoms with Gasteiger partial charge in [-0.3, -0.25) is 0 Å². The number of benzene rings is 3. The first-order valence-corrected chi connectivity index (χ1v) is 9.97. The smallest absolute Gasteiger partial charge is 0.200 e. The predicted octanol–water partition coefficient (Wildman–Crippen LogP) is 7.52. The molecule has 0 heterocycles. The fraction of sp³-hybridized carbons (Fsp3) is 0.280. The van der Waals surface area contributed by atoms with Crippen molar-refractivity contribution in [2.75, 3.05) is 0 Å². The van der Waals surface area contributed by atoms with E-state index >= 15 is 0 Å². The summed E-state index contributed by atoms with van der Waals surface area (Å²) in [5.41, 5.74) is 4.18. The quantitative estimate of drug-likeness (QED) is 0.401. The van der Waals surface area contributed by atoms with E-state index in [0.717, 1.165) is 17.5 Å². The molecule has 0 aliphatic carbocycles. The SMILES string of the molecule is CCCCCCCc1ccc(-c2ccc(-c3ccc(O)c(F)c3F)cc2)cc1. The Balaban J connectivity index is 1.67. The van der Waals surface area contributed by atoms with Gasteiger partial charge in [-0.15, -0.1) is 0 Å². The van der Waals surface area contributed by atoms with Gasteiger partial charge in [0.2, 0.25) is 5.82 Å². The van der Waals surface area contributed by atoms with E-state index in [1.165, 1.54) is 49.8 Å². The molecule has 3 rings (SSSR count). The third-order valence-corrected chi connectivity index (χ3v) is 5.11. The van der Waals surface area contributed by atoms with Crippen molar-refractivity contribution in [2.24, 2.45) is 0 Å². The highest BCUT2D eigenvalue weighted by atomic mass is 19.2. The summed E-state index contributed by atoms with van der Waals surface area (Å²) >= 11 is 0. The van der Waals surface area contributed by atoms with E-state index in [2.05, 4.69) is 31.2 Å². The van der Waals surface area contributed by atoms with Crippen molar-refractivity contribution >= 4 is 0 Å². The number of aryl methyl sites for hydroxylation is 1. The van der Waals surface area contributed by atoms with Gasteiger partial charge in [0.25, 0.3) is 0 Å². The maximum Gasteiger partial charge on any atom is 0.200 e. The lowest BCUT2D eigenvalue weighted by molar-refractivity contribution is 0.408. The monoisotopic (exact) mass is 380 g/mol. The number of aromatic hydroxyl groups is 1. The van der Waals surface area contributed by atoms with Crippen molar-refractivity contribution < 1.29 is 13.9 Å². The molecule has 1 nitrogen and oxygen atoms in total. The molecule has 0 aliphatic heterocycles. The molecule has 0 aromatic heterocycles. The standard InChI is InChI=1S/C25H26F2O/c1-2-3-4-5-6-7-18-8-10-19(11-9-18)20-12-14-21(15-13-20)22-16-17-23(28)25(27)24(22)26/h8-17,28H,2-7H2,1H3. The van der Waals surface area contributed by atoms with Crippen LogP contribution < -0.4 is 0 Å². The molecule has 0 saturated heterocycles. The Morgan fingerprint density at radius 1 is 0.643 bits per heavy atom. The van der Waals surface area contributed by atoms with Crippen LogP contribution >= 0.6 is 0 Å². The lowest BCUT2D eigenvalue weighted by atomic mass is 9.98. The Bertz CT molecular complexity index is 899. The van der Waals surface area contributed by atoms with Crippen LogP contribution in [0.1, 0.15) is 44.6 Å². The summed E-state index contributed by atoms with van der Waals surface area (Å²) in [6, 6.07) is 18.4. The van der Waals surface area contributed by atoms with Gasteiger partial charge in [-0.2, -0.15) is 4.39 Å². The summed E-state index contributed by atoms with van der Waals surface area (Å²) in [6.45, 7) is 2.23. The fourth-order valence-electron chi connectivity index (χ4n) is 3.40. The molecule has 3 aromatic carbocycles. The first-order chi connectivity index (χ1) is 13.6. The lowest BCUT2D eigenvalue weighted by Crippen LogP contribution is -1.90. The average Bonchev–Trinajstić information content (AvgIpc) is 2.73. The molecule has 28 heavy (non-hydrogen) atoms. The zero-order valence-corrected chi connectivity index (χ0v) is 16.2. The topological polar surface area (TPSA) is 20.2 Å². The number of unbranched alkanes of at least 4 members (excludes halogenated alkanes) is 4. The van der Waals surface area contributed by atoms with Crippen molar-refractivity contribution in [2.45, 2.75) is 45.4 Å². The second-order valence-electron chi connectivity index (χ2n) is 7.20. The van der Waals surface area contributed by atoms with Gasteiger partial charge in [-0.1, -0.05) is 81.1 Å². The molecule has 0 aliphatic rings. The van der Waals surface area contributed by atoms with E-state index in [4.69, 9.17) is 0 Å².